The van der Waals surface area contributed by atoms with Crippen LogP contribution in [0.3, 0.4) is 0 Å². The molecule has 1 aliphatic heterocycles. The molecule has 9 nitrogen and oxygen atoms in total. The van der Waals surface area contributed by atoms with Crippen LogP contribution in [-0.4, -0.2) is 53.6 Å². The first-order chi connectivity index (χ1) is 23.4. The van der Waals surface area contributed by atoms with E-state index in [-0.39, 0.29) is 51.4 Å². The third-order valence-electron chi connectivity index (χ3n) is 8.99. The molecular weight excluding hydrogens is 653 g/mol. The van der Waals surface area contributed by atoms with Crippen LogP contribution in [0.25, 0.3) is 54.9 Å². The normalized spacial score (nSPS) is 16.0. The molecule has 0 radical (unpaired) electrons. The van der Waals surface area contributed by atoms with E-state index in [2.05, 4.69) is 11.6 Å². The van der Waals surface area contributed by atoms with Gasteiger partial charge in [0.2, 0.25) is 5.91 Å². The number of aryl methyl sites for hydroxylation is 2. The molecule has 2 atom stereocenters. The van der Waals surface area contributed by atoms with Gasteiger partial charge in [0.15, 0.2) is 5.78 Å². The molecular formula is C36H31F3N6O3S. The lowest BCUT2D eigenvalue weighted by Gasteiger charge is -2.38. The van der Waals surface area contributed by atoms with Gasteiger partial charge in [0.05, 0.1) is 45.3 Å². The summed E-state index contributed by atoms with van der Waals surface area (Å²) in [6, 6.07) is 8.40. The van der Waals surface area contributed by atoms with Crippen LogP contribution in [0, 0.1) is 24.4 Å². The van der Waals surface area contributed by atoms with Gasteiger partial charge in [0.1, 0.15) is 47.0 Å². The molecule has 0 saturated heterocycles. The number of rotatable bonds is 7. The van der Waals surface area contributed by atoms with E-state index in [4.69, 9.17) is 14.8 Å². The van der Waals surface area contributed by atoms with Crippen LogP contribution in [0.4, 0.5) is 13.2 Å². The fourth-order valence-corrected chi connectivity index (χ4v) is 7.60. The molecule has 1 aliphatic rings. The van der Waals surface area contributed by atoms with Gasteiger partial charge >= 0.3 is 0 Å². The number of Topliss-reactive ketones (excluding diaryl/α,β-unsaturated/α-hetero) is 1. The molecule has 49 heavy (non-hydrogen) atoms. The van der Waals surface area contributed by atoms with Gasteiger partial charge in [-0.1, -0.05) is 12.6 Å². The maximum atomic E-state index is 16.2. The number of ether oxygens (including phenoxy) is 1. The second-order valence-corrected chi connectivity index (χ2v) is 13.1. The van der Waals surface area contributed by atoms with E-state index >= 15 is 8.78 Å². The van der Waals surface area contributed by atoms with E-state index in [0.29, 0.717) is 39.8 Å². The summed E-state index contributed by atoms with van der Waals surface area (Å²) in [5.41, 5.74) is 3.48. The molecule has 0 N–H and O–H groups in total. The van der Waals surface area contributed by atoms with Crippen molar-refractivity contribution in [2.24, 2.45) is 7.05 Å². The third kappa shape index (κ3) is 5.28. The van der Waals surface area contributed by atoms with Gasteiger partial charge in [-0.2, -0.15) is 5.10 Å². The summed E-state index contributed by atoms with van der Waals surface area (Å²) in [4.78, 5) is 36.1. The van der Waals surface area contributed by atoms with Crippen LogP contribution in [-0.2, 0) is 23.2 Å². The van der Waals surface area contributed by atoms with Crippen LogP contribution in [0.15, 0.2) is 54.4 Å². The Bertz CT molecular complexity index is 2360. The Balaban J connectivity index is 1.55. The van der Waals surface area contributed by atoms with E-state index < -0.39 is 30.1 Å². The molecule has 1 amide bonds. The van der Waals surface area contributed by atoms with E-state index in [9.17, 15) is 14.0 Å². The van der Waals surface area contributed by atoms with Crippen LogP contribution in [0.1, 0.15) is 38.3 Å². The van der Waals surface area contributed by atoms with Gasteiger partial charge in [-0.15, -0.1) is 11.3 Å². The number of amides is 1. The van der Waals surface area contributed by atoms with Gasteiger partial charge in [0, 0.05) is 47.1 Å². The Hall–Kier alpha value is -5.30. The van der Waals surface area contributed by atoms with Crippen molar-refractivity contribution in [2.45, 2.75) is 46.3 Å². The van der Waals surface area contributed by atoms with Crippen LogP contribution < -0.4 is 4.74 Å². The maximum Gasteiger partial charge on any atom is 0.246 e. The lowest BCUT2D eigenvalue weighted by Crippen LogP contribution is -2.46. The molecule has 0 aliphatic carbocycles. The minimum Gasteiger partial charge on any atom is -0.485 e. The number of benzene rings is 2. The van der Waals surface area contributed by atoms with Crippen molar-refractivity contribution in [1.82, 2.24) is 29.2 Å². The summed E-state index contributed by atoms with van der Waals surface area (Å²) in [6.45, 7) is 10.5. The van der Waals surface area contributed by atoms with Crippen molar-refractivity contribution in [3.8, 4) is 39.5 Å². The fraction of sp³-hybridized carbons (Fsp3) is 0.250. The molecule has 7 rings (SSSR count). The number of carbonyl (C=O) groups excluding carboxylic acids is 2. The van der Waals surface area contributed by atoms with Crippen molar-refractivity contribution >= 4 is 44.1 Å². The molecule has 4 aromatic heterocycles. The topological polar surface area (TPSA) is 95.1 Å². The van der Waals surface area contributed by atoms with E-state index in [1.807, 2.05) is 50.6 Å². The predicted octanol–water partition coefficient (Wildman–Crippen LogP) is 7.55. The highest BCUT2D eigenvalue weighted by Gasteiger charge is 2.35. The minimum absolute atomic E-state index is 0.00140. The second kappa shape index (κ2) is 12.0. The van der Waals surface area contributed by atoms with Crippen molar-refractivity contribution in [3.63, 3.8) is 0 Å². The summed E-state index contributed by atoms with van der Waals surface area (Å²) in [6.07, 6.45) is 1.26. The molecule has 0 fully saturated rings. The number of fused-ring (bicyclic) bond motifs is 3. The number of hydrogen-bond acceptors (Lipinski definition) is 7. The SMILES string of the molecule is C=CC(=O)N1[C@H](C)c2cc(-c3nc(-c4ccc5c(c4)nc(C)n5C)c4scc(F)c4c3-c3c(F)cc(F)cc3OCC(C)=O)nn2C[C@@H]1C. The highest BCUT2D eigenvalue weighted by atomic mass is 32.1. The first kappa shape index (κ1) is 32.3. The number of nitrogens with zero attached hydrogens (tertiary/aromatic N) is 6. The molecule has 6 aromatic rings. The number of imidazole rings is 1. The minimum atomic E-state index is -1.03. The maximum absolute atomic E-state index is 16.2. The van der Waals surface area contributed by atoms with Crippen LogP contribution in [0.2, 0.25) is 0 Å². The third-order valence-corrected chi connectivity index (χ3v) is 9.95. The second-order valence-electron chi connectivity index (χ2n) is 12.3. The molecule has 0 saturated carbocycles. The van der Waals surface area contributed by atoms with Crippen molar-refractivity contribution < 1.29 is 27.5 Å². The number of carbonyl (C=O) groups is 2. The smallest absolute Gasteiger partial charge is 0.246 e. The number of hydrogen-bond donors (Lipinski definition) is 0. The first-order valence-electron chi connectivity index (χ1n) is 15.6. The Morgan fingerprint density at radius 2 is 1.84 bits per heavy atom. The van der Waals surface area contributed by atoms with Crippen LogP contribution >= 0.6 is 11.3 Å². The summed E-state index contributed by atoms with van der Waals surface area (Å²) in [5, 5.41) is 6.21. The average molecular weight is 685 g/mol. The van der Waals surface area contributed by atoms with Gasteiger partial charge < -0.3 is 14.2 Å². The molecule has 5 heterocycles. The van der Waals surface area contributed by atoms with Gasteiger partial charge in [-0.25, -0.2) is 23.1 Å². The number of pyridine rings is 1. The zero-order valence-electron chi connectivity index (χ0n) is 27.3. The van der Waals surface area contributed by atoms with Crippen molar-refractivity contribution in [1.29, 1.82) is 0 Å². The highest BCUT2D eigenvalue weighted by Crippen LogP contribution is 2.48. The standard InChI is InChI=1S/C36H31F3N6O3S/c1-7-30(47)45-17(2)14-44-28(19(45)4)13-26(42-44)35-33(31-23(38)11-22(37)12-29(31)48-15-18(3)46)32-24(39)16-49-36(32)34(41-35)21-8-9-27-25(10-21)40-20(5)43(27)6/h7-13,16-17,19H,1,14-15H2,2-6H3/t17-,19+/m0/s1. The Morgan fingerprint density at radius 3 is 2.57 bits per heavy atom. The zero-order chi connectivity index (χ0) is 34.9. The quantitative estimate of drug-likeness (QED) is 0.161. The van der Waals surface area contributed by atoms with E-state index in [0.717, 1.165) is 28.7 Å². The zero-order valence-corrected chi connectivity index (χ0v) is 28.2. The lowest BCUT2D eigenvalue weighted by atomic mass is 9.94. The van der Waals surface area contributed by atoms with Crippen molar-refractivity contribution in [2.75, 3.05) is 6.61 Å². The summed E-state index contributed by atoms with van der Waals surface area (Å²) >= 11 is 1.10. The fourth-order valence-electron chi connectivity index (χ4n) is 6.66. The molecule has 13 heteroatoms. The van der Waals surface area contributed by atoms with Gasteiger partial charge in [0.25, 0.3) is 0 Å². The Kier molecular flexibility index (Phi) is 7.89. The van der Waals surface area contributed by atoms with Gasteiger partial charge in [-0.3, -0.25) is 14.3 Å². The number of halogens is 3. The molecule has 250 valence electrons. The number of aromatic nitrogens is 5. The number of ketones is 1. The Labute approximate surface area is 283 Å². The summed E-state index contributed by atoms with van der Waals surface area (Å²) in [5.74, 6) is -2.69. The number of thiophene rings is 1. The van der Waals surface area contributed by atoms with E-state index in [1.165, 1.54) is 18.4 Å². The largest absolute Gasteiger partial charge is 0.485 e. The Morgan fingerprint density at radius 1 is 1.06 bits per heavy atom. The predicted molar refractivity (Wildman–Crippen MR) is 182 cm³/mol. The molecule has 0 unspecified atom stereocenters. The van der Waals surface area contributed by atoms with Gasteiger partial charge in [-0.05, 0) is 52.0 Å². The summed E-state index contributed by atoms with van der Waals surface area (Å²) < 4.78 is 56.7. The van der Waals surface area contributed by atoms with Crippen molar-refractivity contribution in [3.05, 3.63) is 83.4 Å². The first-order valence-corrected chi connectivity index (χ1v) is 16.4. The van der Waals surface area contributed by atoms with E-state index in [1.54, 1.807) is 15.6 Å². The molecule has 0 bridgehead atoms. The summed E-state index contributed by atoms with van der Waals surface area (Å²) in [7, 11) is 1.91. The average Bonchev–Trinajstić information content (AvgIpc) is 3.74. The lowest BCUT2D eigenvalue weighted by molar-refractivity contribution is -0.132. The highest BCUT2D eigenvalue weighted by molar-refractivity contribution is 7.17. The molecule has 0 spiro atoms. The van der Waals surface area contributed by atoms with Crippen LogP contribution in [0.5, 0.6) is 5.75 Å². The monoisotopic (exact) mass is 684 g/mol. The molecule has 2 aromatic carbocycles.